The van der Waals surface area contributed by atoms with E-state index in [1.54, 1.807) is 4.90 Å². The Labute approximate surface area is 172 Å². The lowest BCUT2D eigenvalue weighted by Crippen LogP contribution is -2.39. The number of carbonyl (C=O) groups is 1. The van der Waals surface area contributed by atoms with Crippen molar-refractivity contribution in [1.29, 1.82) is 0 Å². The molecule has 146 valence electrons. The van der Waals surface area contributed by atoms with E-state index in [0.29, 0.717) is 26.2 Å². The van der Waals surface area contributed by atoms with Gasteiger partial charge in [0.05, 0.1) is 6.54 Å². The van der Waals surface area contributed by atoms with Gasteiger partial charge in [-0.25, -0.2) is 4.79 Å². The molecule has 4 heteroatoms. The van der Waals surface area contributed by atoms with Crippen molar-refractivity contribution < 1.29 is 9.53 Å². The van der Waals surface area contributed by atoms with Crippen molar-refractivity contribution >= 4 is 6.09 Å². The lowest BCUT2D eigenvalue weighted by Gasteiger charge is -2.29. The van der Waals surface area contributed by atoms with Gasteiger partial charge in [0.2, 0.25) is 0 Å². The van der Waals surface area contributed by atoms with Gasteiger partial charge in [0.25, 0.3) is 0 Å². The number of hydrogen-bond donors (Lipinski definition) is 1. The van der Waals surface area contributed by atoms with Crippen molar-refractivity contribution in [2.45, 2.75) is 18.8 Å². The zero-order chi connectivity index (χ0) is 20.1. The van der Waals surface area contributed by atoms with Gasteiger partial charge >= 0.3 is 6.09 Å². The fourth-order valence-corrected chi connectivity index (χ4v) is 4.13. The Morgan fingerprint density at radius 3 is 2.24 bits per heavy atom. The molecule has 4 rings (SSSR count). The van der Waals surface area contributed by atoms with Crippen molar-refractivity contribution in [3.8, 4) is 34.8 Å². The smallest absolute Gasteiger partial charge is 0.409 e. The Balaban J connectivity index is 1.35. The summed E-state index contributed by atoms with van der Waals surface area (Å²) in [7, 11) is 0. The van der Waals surface area contributed by atoms with Crippen LogP contribution in [-0.2, 0) is 4.74 Å². The minimum Gasteiger partial charge on any atom is -0.448 e. The first-order valence-corrected chi connectivity index (χ1v) is 10.1. The Hall–Kier alpha value is -3.21. The van der Waals surface area contributed by atoms with E-state index in [1.165, 1.54) is 22.3 Å². The Morgan fingerprint density at radius 2 is 1.62 bits per heavy atom. The number of likely N-dealkylation sites (tertiary alicyclic amines) is 1. The molecule has 0 aromatic heterocycles. The highest BCUT2D eigenvalue weighted by molar-refractivity contribution is 5.79. The normalized spacial score (nSPS) is 15.4. The summed E-state index contributed by atoms with van der Waals surface area (Å²) in [6.45, 7) is 2.02. The number of amides is 1. The Morgan fingerprint density at radius 1 is 1.00 bits per heavy atom. The summed E-state index contributed by atoms with van der Waals surface area (Å²) in [5, 5.41) is 0. The molecule has 0 spiro atoms. The summed E-state index contributed by atoms with van der Waals surface area (Å²) in [4.78, 5) is 14.4. The maximum atomic E-state index is 12.6. The van der Waals surface area contributed by atoms with Gasteiger partial charge in [0.1, 0.15) is 6.61 Å². The molecule has 2 aliphatic rings. The van der Waals surface area contributed by atoms with E-state index >= 15 is 0 Å². The van der Waals surface area contributed by atoms with Crippen LogP contribution < -0.4 is 5.73 Å². The molecule has 0 radical (unpaired) electrons. The molecule has 1 aliphatic heterocycles. The summed E-state index contributed by atoms with van der Waals surface area (Å²) in [5.74, 6) is 11.9. The quantitative estimate of drug-likeness (QED) is 0.805. The van der Waals surface area contributed by atoms with Crippen LogP contribution >= 0.6 is 0 Å². The van der Waals surface area contributed by atoms with Crippen LogP contribution in [0, 0.1) is 29.6 Å². The summed E-state index contributed by atoms with van der Waals surface area (Å²) in [6, 6.07) is 16.7. The second-order valence-electron chi connectivity index (χ2n) is 7.34. The van der Waals surface area contributed by atoms with E-state index in [2.05, 4.69) is 60.1 Å². The largest absolute Gasteiger partial charge is 0.448 e. The molecule has 4 nitrogen and oxygen atoms in total. The first-order chi connectivity index (χ1) is 14.3. The molecule has 2 aromatic carbocycles. The maximum absolute atomic E-state index is 12.6. The third kappa shape index (κ3) is 4.14. The first-order valence-electron chi connectivity index (χ1n) is 10.1. The van der Waals surface area contributed by atoms with Gasteiger partial charge < -0.3 is 15.4 Å². The lowest BCUT2D eigenvalue weighted by atomic mass is 9.97. The Bertz CT molecular complexity index is 969. The van der Waals surface area contributed by atoms with E-state index < -0.39 is 0 Å². The van der Waals surface area contributed by atoms with Crippen LogP contribution in [0.4, 0.5) is 4.79 Å². The molecule has 0 atom stereocenters. The van der Waals surface area contributed by atoms with Crippen LogP contribution in [0.5, 0.6) is 0 Å². The molecule has 1 heterocycles. The SMILES string of the molecule is NCC#CC#CC1CCN(C(=O)OCC2c3ccccc3-c3ccccc32)CC1. The average Bonchev–Trinajstić information content (AvgIpc) is 3.09. The molecule has 1 saturated heterocycles. The zero-order valence-corrected chi connectivity index (χ0v) is 16.4. The second kappa shape index (κ2) is 8.86. The molecule has 0 saturated carbocycles. The van der Waals surface area contributed by atoms with Gasteiger partial charge in [-0.3, -0.25) is 0 Å². The van der Waals surface area contributed by atoms with Gasteiger partial charge in [-0.15, -0.1) is 0 Å². The predicted molar refractivity (Wildman–Crippen MR) is 114 cm³/mol. The fraction of sp³-hybridized carbons (Fsp3) is 0.320. The summed E-state index contributed by atoms with van der Waals surface area (Å²) in [6.07, 6.45) is 1.46. The number of fused-ring (bicyclic) bond motifs is 3. The molecule has 2 N–H and O–H groups in total. The molecule has 1 aliphatic carbocycles. The number of piperidine rings is 1. The molecule has 1 amide bonds. The van der Waals surface area contributed by atoms with E-state index in [9.17, 15) is 4.79 Å². The van der Waals surface area contributed by atoms with E-state index in [-0.39, 0.29) is 17.9 Å². The lowest BCUT2D eigenvalue weighted by molar-refractivity contribution is 0.0893. The maximum Gasteiger partial charge on any atom is 0.409 e. The highest BCUT2D eigenvalue weighted by atomic mass is 16.6. The van der Waals surface area contributed by atoms with Crippen molar-refractivity contribution in [2.75, 3.05) is 26.2 Å². The summed E-state index contributed by atoms with van der Waals surface area (Å²) in [5.41, 5.74) is 10.3. The van der Waals surface area contributed by atoms with Crippen LogP contribution in [0.15, 0.2) is 48.5 Å². The van der Waals surface area contributed by atoms with Crippen molar-refractivity contribution in [1.82, 2.24) is 4.90 Å². The topological polar surface area (TPSA) is 55.6 Å². The van der Waals surface area contributed by atoms with E-state index in [0.717, 1.165) is 12.8 Å². The molecule has 0 bridgehead atoms. The number of rotatable bonds is 2. The van der Waals surface area contributed by atoms with E-state index in [1.807, 2.05) is 12.1 Å². The standard InChI is InChI=1S/C25H24N2O2/c26-15-7-1-2-8-19-13-16-27(17-14-19)25(28)29-18-24-22-11-5-3-9-20(22)21-10-4-6-12-23(21)24/h3-6,9-12,19,24H,13-18,26H2. The number of carbonyl (C=O) groups excluding carboxylic acids is 1. The van der Waals surface area contributed by atoms with E-state index in [4.69, 9.17) is 10.5 Å². The molecule has 1 fully saturated rings. The summed E-state index contributed by atoms with van der Waals surface area (Å²) < 4.78 is 5.74. The average molecular weight is 384 g/mol. The van der Waals surface area contributed by atoms with Crippen LogP contribution in [0.25, 0.3) is 11.1 Å². The monoisotopic (exact) mass is 384 g/mol. The van der Waals surface area contributed by atoms with Gasteiger partial charge in [-0.2, -0.15) is 0 Å². The highest BCUT2D eigenvalue weighted by Crippen LogP contribution is 2.44. The zero-order valence-electron chi connectivity index (χ0n) is 16.4. The minimum absolute atomic E-state index is 0.0934. The van der Waals surface area contributed by atoms with Crippen LogP contribution in [0.1, 0.15) is 29.9 Å². The van der Waals surface area contributed by atoms with Gasteiger partial charge in [0, 0.05) is 24.9 Å². The Kier molecular flexibility index (Phi) is 5.84. The number of nitrogens with zero attached hydrogens (tertiary/aromatic N) is 1. The third-order valence-electron chi connectivity index (χ3n) is 5.62. The van der Waals surface area contributed by atoms with Crippen LogP contribution in [0.2, 0.25) is 0 Å². The molecule has 2 aromatic rings. The molecular formula is C25H24N2O2. The number of hydrogen-bond acceptors (Lipinski definition) is 3. The third-order valence-corrected chi connectivity index (χ3v) is 5.62. The molecular weight excluding hydrogens is 360 g/mol. The molecule has 0 unspecified atom stereocenters. The fourth-order valence-electron chi connectivity index (χ4n) is 4.13. The molecule has 29 heavy (non-hydrogen) atoms. The predicted octanol–water partition coefficient (Wildman–Crippen LogP) is 3.61. The summed E-state index contributed by atoms with van der Waals surface area (Å²) >= 11 is 0. The van der Waals surface area contributed by atoms with Crippen molar-refractivity contribution in [2.24, 2.45) is 11.7 Å². The van der Waals surface area contributed by atoms with Crippen molar-refractivity contribution in [3.63, 3.8) is 0 Å². The van der Waals surface area contributed by atoms with Crippen molar-refractivity contribution in [3.05, 3.63) is 59.7 Å². The number of ether oxygens (including phenoxy) is 1. The first kappa shape index (κ1) is 19.1. The van der Waals surface area contributed by atoms with Crippen LogP contribution in [-0.4, -0.2) is 37.2 Å². The number of benzene rings is 2. The highest BCUT2D eigenvalue weighted by Gasteiger charge is 2.30. The number of nitrogens with two attached hydrogens (primary N) is 1. The van der Waals surface area contributed by atoms with Gasteiger partial charge in [-0.1, -0.05) is 60.4 Å². The van der Waals surface area contributed by atoms with Gasteiger partial charge in [-0.05, 0) is 46.9 Å². The second-order valence-corrected chi connectivity index (χ2v) is 7.34. The van der Waals surface area contributed by atoms with Crippen LogP contribution in [0.3, 0.4) is 0 Å². The van der Waals surface area contributed by atoms with Gasteiger partial charge in [0.15, 0.2) is 0 Å². The minimum atomic E-state index is -0.235.